The SMILES string of the molecule is CCCCNC(=O)c1cn(Cc2cc(Br)cc(C=O)c2OC)nn1. The molecule has 1 aromatic carbocycles. The Morgan fingerprint density at radius 1 is 1.46 bits per heavy atom. The third-order valence-corrected chi connectivity index (χ3v) is 3.87. The van der Waals surface area contributed by atoms with E-state index >= 15 is 0 Å². The van der Waals surface area contributed by atoms with Gasteiger partial charge in [-0.05, 0) is 18.6 Å². The molecule has 0 bridgehead atoms. The van der Waals surface area contributed by atoms with Crippen LogP contribution in [0.2, 0.25) is 0 Å². The summed E-state index contributed by atoms with van der Waals surface area (Å²) in [6.45, 7) is 3.00. The largest absolute Gasteiger partial charge is 0.496 e. The second-order valence-corrected chi connectivity index (χ2v) is 6.13. The van der Waals surface area contributed by atoms with Crippen molar-refractivity contribution >= 4 is 28.1 Å². The summed E-state index contributed by atoms with van der Waals surface area (Å²) >= 11 is 3.37. The molecule has 0 radical (unpaired) electrons. The molecule has 1 aromatic heterocycles. The third kappa shape index (κ3) is 4.41. The van der Waals surface area contributed by atoms with Gasteiger partial charge in [-0.15, -0.1) is 5.10 Å². The molecule has 0 aliphatic rings. The summed E-state index contributed by atoms with van der Waals surface area (Å²) in [6, 6.07) is 3.53. The molecular weight excluding hydrogens is 376 g/mol. The Morgan fingerprint density at radius 3 is 2.92 bits per heavy atom. The van der Waals surface area contributed by atoms with Gasteiger partial charge >= 0.3 is 0 Å². The molecule has 24 heavy (non-hydrogen) atoms. The minimum Gasteiger partial charge on any atom is -0.496 e. The summed E-state index contributed by atoms with van der Waals surface area (Å²) in [5, 5.41) is 10.7. The van der Waals surface area contributed by atoms with E-state index in [4.69, 9.17) is 4.74 Å². The molecule has 0 saturated carbocycles. The lowest BCUT2D eigenvalue weighted by Gasteiger charge is -2.11. The number of benzene rings is 1. The zero-order chi connectivity index (χ0) is 17.5. The van der Waals surface area contributed by atoms with Gasteiger partial charge in [0.2, 0.25) is 0 Å². The van der Waals surface area contributed by atoms with Crippen molar-refractivity contribution in [2.45, 2.75) is 26.3 Å². The molecule has 8 heteroatoms. The highest BCUT2D eigenvalue weighted by Crippen LogP contribution is 2.28. The van der Waals surface area contributed by atoms with Crippen molar-refractivity contribution in [2.75, 3.05) is 13.7 Å². The molecule has 7 nitrogen and oxygen atoms in total. The topological polar surface area (TPSA) is 86.1 Å². The van der Waals surface area contributed by atoms with Crippen LogP contribution in [0.25, 0.3) is 0 Å². The molecular formula is C16H19BrN4O3. The van der Waals surface area contributed by atoms with Gasteiger partial charge in [0, 0.05) is 16.6 Å². The maximum Gasteiger partial charge on any atom is 0.273 e. The average Bonchev–Trinajstić information content (AvgIpc) is 3.03. The van der Waals surface area contributed by atoms with Crippen LogP contribution >= 0.6 is 15.9 Å². The van der Waals surface area contributed by atoms with Crippen molar-refractivity contribution in [3.05, 3.63) is 39.6 Å². The number of ether oxygens (including phenoxy) is 1. The van der Waals surface area contributed by atoms with Crippen LogP contribution in [0.4, 0.5) is 0 Å². The Balaban J connectivity index is 2.16. The number of nitrogens with zero attached hydrogens (tertiary/aromatic N) is 3. The highest BCUT2D eigenvalue weighted by atomic mass is 79.9. The van der Waals surface area contributed by atoms with Gasteiger partial charge in [-0.25, -0.2) is 4.68 Å². The predicted octanol–water partition coefficient (Wildman–Crippen LogP) is 2.44. The predicted molar refractivity (Wildman–Crippen MR) is 92.4 cm³/mol. The van der Waals surface area contributed by atoms with Crippen molar-refractivity contribution in [3.8, 4) is 5.75 Å². The van der Waals surface area contributed by atoms with Crippen molar-refractivity contribution < 1.29 is 14.3 Å². The van der Waals surface area contributed by atoms with Crippen LogP contribution in [0.5, 0.6) is 5.75 Å². The molecule has 0 fully saturated rings. The van der Waals surface area contributed by atoms with E-state index in [1.165, 1.54) is 11.8 Å². The summed E-state index contributed by atoms with van der Waals surface area (Å²) in [5.41, 5.74) is 1.46. The smallest absolute Gasteiger partial charge is 0.273 e. The van der Waals surface area contributed by atoms with Crippen LogP contribution in [0, 0.1) is 0 Å². The van der Waals surface area contributed by atoms with E-state index in [1.54, 1.807) is 12.3 Å². The van der Waals surface area contributed by atoms with Crippen LogP contribution in [-0.4, -0.2) is 40.8 Å². The molecule has 0 spiro atoms. The molecule has 2 rings (SSSR count). The van der Waals surface area contributed by atoms with E-state index < -0.39 is 0 Å². The lowest BCUT2D eigenvalue weighted by molar-refractivity contribution is 0.0947. The van der Waals surface area contributed by atoms with Gasteiger partial charge in [0.05, 0.1) is 25.4 Å². The number of hydrogen-bond donors (Lipinski definition) is 1. The van der Waals surface area contributed by atoms with Crippen molar-refractivity contribution in [1.29, 1.82) is 0 Å². The van der Waals surface area contributed by atoms with Gasteiger partial charge in [-0.2, -0.15) is 0 Å². The summed E-state index contributed by atoms with van der Waals surface area (Å²) in [6.07, 6.45) is 4.24. The Morgan fingerprint density at radius 2 is 2.25 bits per heavy atom. The standard InChI is InChI=1S/C16H19BrN4O3/c1-3-4-5-18-16(23)14-9-21(20-19-14)8-11-6-13(17)7-12(10-22)15(11)24-2/h6-7,9-10H,3-5,8H2,1-2H3,(H,18,23). The van der Waals surface area contributed by atoms with E-state index in [9.17, 15) is 9.59 Å². The summed E-state index contributed by atoms with van der Waals surface area (Å²) in [4.78, 5) is 23.1. The molecule has 0 saturated heterocycles. The molecule has 0 atom stereocenters. The summed E-state index contributed by atoms with van der Waals surface area (Å²) < 4.78 is 7.62. The highest BCUT2D eigenvalue weighted by Gasteiger charge is 2.14. The van der Waals surface area contributed by atoms with Crippen molar-refractivity contribution in [3.63, 3.8) is 0 Å². The number of methoxy groups -OCH3 is 1. The first-order valence-corrected chi connectivity index (χ1v) is 8.38. The van der Waals surface area contributed by atoms with Gasteiger partial charge in [-0.1, -0.05) is 34.5 Å². The first-order valence-electron chi connectivity index (χ1n) is 7.59. The highest BCUT2D eigenvalue weighted by molar-refractivity contribution is 9.10. The lowest BCUT2D eigenvalue weighted by atomic mass is 10.1. The van der Waals surface area contributed by atoms with E-state index in [1.807, 2.05) is 6.07 Å². The lowest BCUT2D eigenvalue weighted by Crippen LogP contribution is -2.24. The third-order valence-electron chi connectivity index (χ3n) is 3.41. The Kier molecular flexibility index (Phi) is 6.48. The average molecular weight is 395 g/mol. The van der Waals surface area contributed by atoms with Crippen LogP contribution in [-0.2, 0) is 6.54 Å². The molecule has 0 unspecified atom stereocenters. The van der Waals surface area contributed by atoms with Crippen molar-refractivity contribution in [1.82, 2.24) is 20.3 Å². The van der Waals surface area contributed by atoms with Gasteiger partial charge in [0.1, 0.15) is 5.75 Å². The van der Waals surface area contributed by atoms with Gasteiger partial charge in [0.25, 0.3) is 5.91 Å². The molecule has 1 N–H and O–H groups in total. The summed E-state index contributed by atoms with van der Waals surface area (Å²) in [7, 11) is 1.51. The zero-order valence-corrected chi connectivity index (χ0v) is 15.2. The monoisotopic (exact) mass is 394 g/mol. The number of aromatic nitrogens is 3. The van der Waals surface area contributed by atoms with E-state index in [0.717, 1.165) is 29.2 Å². The van der Waals surface area contributed by atoms with Crippen LogP contribution < -0.4 is 10.1 Å². The number of unbranched alkanes of at least 4 members (excludes halogenated alkanes) is 1. The zero-order valence-electron chi connectivity index (χ0n) is 13.6. The number of amides is 1. The quantitative estimate of drug-likeness (QED) is 0.548. The van der Waals surface area contributed by atoms with Gasteiger partial charge in [0.15, 0.2) is 12.0 Å². The second-order valence-electron chi connectivity index (χ2n) is 5.22. The van der Waals surface area contributed by atoms with Crippen molar-refractivity contribution in [2.24, 2.45) is 0 Å². The van der Waals surface area contributed by atoms with E-state index in [-0.39, 0.29) is 11.6 Å². The number of aldehydes is 1. The fourth-order valence-corrected chi connectivity index (χ4v) is 2.77. The van der Waals surface area contributed by atoms with Gasteiger partial charge < -0.3 is 10.1 Å². The maximum atomic E-state index is 12.0. The first-order chi connectivity index (χ1) is 11.6. The molecule has 1 heterocycles. The number of rotatable bonds is 8. The number of carbonyl (C=O) groups is 2. The molecule has 128 valence electrons. The first kappa shape index (κ1) is 18.1. The number of carbonyl (C=O) groups excluding carboxylic acids is 2. The maximum absolute atomic E-state index is 12.0. The second kappa shape index (κ2) is 8.58. The minimum atomic E-state index is -0.246. The molecule has 0 aliphatic heterocycles. The van der Waals surface area contributed by atoms with Gasteiger partial charge in [-0.3, -0.25) is 9.59 Å². The van der Waals surface area contributed by atoms with Crippen LogP contribution in [0.1, 0.15) is 46.2 Å². The van der Waals surface area contributed by atoms with Crippen LogP contribution in [0.15, 0.2) is 22.8 Å². The summed E-state index contributed by atoms with van der Waals surface area (Å²) in [5.74, 6) is 0.238. The van der Waals surface area contributed by atoms with E-state index in [0.29, 0.717) is 24.4 Å². The minimum absolute atomic E-state index is 0.246. The molecule has 0 aliphatic carbocycles. The fourth-order valence-electron chi connectivity index (χ4n) is 2.25. The Bertz CT molecular complexity index is 730. The number of hydrogen-bond acceptors (Lipinski definition) is 5. The molecule has 1 amide bonds. The normalized spacial score (nSPS) is 10.5. The number of nitrogens with one attached hydrogen (secondary N) is 1. The van der Waals surface area contributed by atoms with Crippen LogP contribution in [0.3, 0.4) is 0 Å². The fraction of sp³-hybridized carbons (Fsp3) is 0.375. The Hall–Kier alpha value is -2.22. The number of halogens is 1. The Labute approximate surface area is 148 Å². The molecule has 2 aromatic rings. The van der Waals surface area contributed by atoms with E-state index in [2.05, 4.69) is 38.5 Å².